The molecule has 1 aliphatic heterocycles. The zero-order chi connectivity index (χ0) is 13.1. The molecule has 1 amide bonds. The van der Waals surface area contributed by atoms with Crippen LogP contribution in [0.1, 0.15) is 39.5 Å². The van der Waals surface area contributed by atoms with Gasteiger partial charge in [-0.25, -0.2) is 0 Å². The third-order valence-electron chi connectivity index (χ3n) is 3.44. The number of piperidine rings is 1. The van der Waals surface area contributed by atoms with Gasteiger partial charge in [-0.1, -0.05) is 13.3 Å². The fourth-order valence-electron chi connectivity index (χ4n) is 2.27. The number of carboxylic acids is 1. The van der Waals surface area contributed by atoms with Crippen LogP contribution in [0.15, 0.2) is 0 Å². The summed E-state index contributed by atoms with van der Waals surface area (Å²) in [5.74, 6) is -0.946. The molecule has 0 aromatic heterocycles. The minimum Gasteiger partial charge on any atom is -0.481 e. The Kier molecular flexibility index (Phi) is 4.51. The Bertz CT molecular complexity index is 306. The van der Waals surface area contributed by atoms with Gasteiger partial charge in [0.1, 0.15) is 0 Å². The zero-order valence-corrected chi connectivity index (χ0v) is 10.6. The number of hydrogen-bond acceptors (Lipinski definition) is 3. The van der Waals surface area contributed by atoms with Crippen LogP contribution in [0.2, 0.25) is 0 Å². The first-order valence-electron chi connectivity index (χ1n) is 6.18. The third-order valence-corrected chi connectivity index (χ3v) is 3.44. The minimum atomic E-state index is -0.834. The zero-order valence-electron chi connectivity index (χ0n) is 10.6. The summed E-state index contributed by atoms with van der Waals surface area (Å²) in [6.45, 7) is 4.57. The maximum atomic E-state index is 12.0. The number of nitrogens with two attached hydrogens (primary N) is 1. The fraction of sp³-hybridized carbons (Fsp3) is 0.833. The molecule has 0 aromatic rings. The van der Waals surface area contributed by atoms with Gasteiger partial charge in [0.2, 0.25) is 5.91 Å². The van der Waals surface area contributed by atoms with Gasteiger partial charge in [-0.3, -0.25) is 9.59 Å². The van der Waals surface area contributed by atoms with E-state index in [0.717, 1.165) is 12.8 Å². The van der Waals surface area contributed by atoms with Crippen LogP contribution in [0.4, 0.5) is 0 Å². The number of amides is 1. The van der Waals surface area contributed by atoms with E-state index in [0.29, 0.717) is 19.4 Å². The van der Waals surface area contributed by atoms with E-state index in [1.807, 2.05) is 6.92 Å². The van der Waals surface area contributed by atoms with Gasteiger partial charge in [0, 0.05) is 13.1 Å². The van der Waals surface area contributed by atoms with E-state index in [9.17, 15) is 9.59 Å². The molecular weight excluding hydrogens is 220 g/mol. The highest BCUT2D eigenvalue weighted by Crippen LogP contribution is 2.29. The van der Waals surface area contributed by atoms with Crippen LogP contribution in [0.3, 0.4) is 0 Å². The maximum Gasteiger partial charge on any atom is 0.311 e. The summed E-state index contributed by atoms with van der Waals surface area (Å²) >= 11 is 0. The van der Waals surface area contributed by atoms with Gasteiger partial charge in [-0.05, 0) is 26.2 Å². The normalized spacial score (nSPS) is 26.6. The molecule has 17 heavy (non-hydrogen) atoms. The van der Waals surface area contributed by atoms with Crippen LogP contribution >= 0.6 is 0 Å². The Morgan fingerprint density at radius 2 is 2.18 bits per heavy atom. The molecule has 1 rings (SSSR count). The second-order valence-corrected chi connectivity index (χ2v) is 5.12. The van der Waals surface area contributed by atoms with Gasteiger partial charge < -0.3 is 15.7 Å². The molecule has 1 aliphatic rings. The van der Waals surface area contributed by atoms with Gasteiger partial charge >= 0.3 is 5.97 Å². The molecule has 0 aliphatic carbocycles. The van der Waals surface area contributed by atoms with Crippen molar-refractivity contribution < 1.29 is 14.7 Å². The number of likely N-dealkylation sites (tertiary alicyclic amines) is 1. The van der Waals surface area contributed by atoms with E-state index in [1.54, 1.807) is 11.8 Å². The molecule has 2 unspecified atom stereocenters. The molecular formula is C12H22N2O3. The van der Waals surface area contributed by atoms with Gasteiger partial charge in [0.15, 0.2) is 0 Å². The second-order valence-electron chi connectivity index (χ2n) is 5.12. The SMILES string of the molecule is CCCC(N)C(=O)N1CCCC(C)(C(=O)O)C1. The lowest BCUT2D eigenvalue weighted by Gasteiger charge is -2.38. The molecule has 5 nitrogen and oxygen atoms in total. The summed E-state index contributed by atoms with van der Waals surface area (Å²) in [6, 6.07) is -0.490. The standard InChI is InChI=1S/C12H22N2O3/c1-3-5-9(13)10(15)14-7-4-6-12(2,8-14)11(16)17/h9H,3-8,13H2,1-2H3,(H,16,17). The van der Waals surface area contributed by atoms with Crippen LogP contribution in [0.5, 0.6) is 0 Å². The first kappa shape index (κ1) is 14.0. The Labute approximate surface area is 102 Å². The molecule has 0 aromatic carbocycles. The molecule has 0 saturated carbocycles. The van der Waals surface area contributed by atoms with Crippen molar-refractivity contribution in [3.63, 3.8) is 0 Å². The average molecular weight is 242 g/mol. The van der Waals surface area contributed by atoms with Crippen molar-refractivity contribution in [2.45, 2.75) is 45.6 Å². The van der Waals surface area contributed by atoms with Crippen molar-refractivity contribution >= 4 is 11.9 Å². The predicted octanol–water partition coefficient (Wildman–Crippen LogP) is 0.827. The van der Waals surface area contributed by atoms with Gasteiger partial charge in [0.05, 0.1) is 11.5 Å². The highest BCUT2D eigenvalue weighted by atomic mass is 16.4. The summed E-state index contributed by atoms with van der Waals surface area (Å²) in [4.78, 5) is 24.8. The van der Waals surface area contributed by atoms with Crippen molar-refractivity contribution in [2.75, 3.05) is 13.1 Å². The molecule has 0 bridgehead atoms. The monoisotopic (exact) mass is 242 g/mol. The smallest absolute Gasteiger partial charge is 0.311 e. The van der Waals surface area contributed by atoms with Crippen molar-refractivity contribution in [2.24, 2.45) is 11.1 Å². The summed E-state index contributed by atoms with van der Waals surface area (Å²) < 4.78 is 0. The molecule has 1 saturated heterocycles. The van der Waals surface area contributed by atoms with Gasteiger partial charge in [-0.15, -0.1) is 0 Å². The number of rotatable bonds is 4. The molecule has 0 radical (unpaired) electrons. The van der Waals surface area contributed by atoms with Crippen molar-refractivity contribution in [3.05, 3.63) is 0 Å². The average Bonchev–Trinajstić information content (AvgIpc) is 2.28. The molecule has 0 spiro atoms. The van der Waals surface area contributed by atoms with Crippen molar-refractivity contribution in [1.82, 2.24) is 4.90 Å². The molecule has 2 atom stereocenters. The predicted molar refractivity (Wildman–Crippen MR) is 64.4 cm³/mol. The number of carbonyl (C=O) groups is 2. The lowest BCUT2D eigenvalue weighted by atomic mass is 9.82. The lowest BCUT2D eigenvalue weighted by molar-refractivity contribution is -0.153. The van der Waals surface area contributed by atoms with Crippen LogP contribution < -0.4 is 5.73 Å². The fourth-order valence-corrected chi connectivity index (χ4v) is 2.27. The van der Waals surface area contributed by atoms with E-state index in [4.69, 9.17) is 10.8 Å². The summed E-state index contributed by atoms with van der Waals surface area (Å²) in [5, 5.41) is 9.17. The largest absolute Gasteiger partial charge is 0.481 e. The summed E-state index contributed by atoms with van der Waals surface area (Å²) in [7, 11) is 0. The summed E-state index contributed by atoms with van der Waals surface area (Å²) in [5.41, 5.74) is 4.97. The first-order valence-corrected chi connectivity index (χ1v) is 6.18. The number of aliphatic carboxylic acids is 1. The molecule has 1 heterocycles. The number of carbonyl (C=O) groups excluding carboxylic acids is 1. The number of nitrogens with zero attached hydrogens (tertiary/aromatic N) is 1. The molecule has 5 heteroatoms. The Morgan fingerprint density at radius 3 is 2.71 bits per heavy atom. The topological polar surface area (TPSA) is 83.6 Å². The van der Waals surface area contributed by atoms with E-state index >= 15 is 0 Å². The molecule has 1 fully saturated rings. The van der Waals surface area contributed by atoms with Crippen LogP contribution in [0, 0.1) is 5.41 Å². The highest BCUT2D eigenvalue weighted by Gasteiger charge is 2.40. The van der Waals surface area contributed by atoms with Crippen LogP contribution in [0.25, 0.3) is 0 Å². The number of hydrogen-bond donors (Lipinski definition) is 2. The highest BCUT2D eigenvalue weighted by molar-refractivity contribution is 5.83. The van der Waals surface area contributed by atoms with E-state index in [1.165, 1.54) is 0 Å². The van der Waals surface area contributed by atoms with Gasteiger partial charge in [0.25, 0.3) is 0 Å². The molecule has 3 N–H and O–H groups in total. The Morgan fingerprint density at radius 1 is 1.53 bits per heavy atom. The summed E-state index contributed by atoms with van der Waals surface area (Å²) in [6.07, 6.45) is 2.86. The Balaban J connectivity index is 2.66. The number of carboxylic acid groups (broad SMARTS) is 1. The lowest BCUT2D eigenvalue weighted by Crippen LogP contribution is -2.52. The van der Waals surface area contributed by atoms with Crippen molar-refractivity contribution in [3.8, 4) is 0 Å². The minimum absolute atomic E-state index is 0.112. The van der Waals surface area contributed by atoms with E-state index in [-0.39, 0.29) is 12.5 Å². The van der Waals surface area contributed by atoms with E-state index < -0.39 is 17.4 Å². The third kappa shape index (κ3) is 3.19. The maximum absolute atomic E-state index is 12.0. The van der Waals surface area contributed by atoms with Crippen LogP contribution in [-0.4, -0.2) is 41.0 Å². The quantitative estimate of drug-likeness (QED) is 0.764. The van der Waals surface area contributed by atoms with E-state index in [2.05, 4.69) is 0 Å². The van der Waals surface area contributed by atoms with Crippen molar-refractivity contribution in [1.29, 1.82) is 0 Å². The Hall–Kier alpha value is -1.10. The second kappa shape index (κ2) is 5.49. The van der Waals surface area contributed by atoms with Gasteiger partial charge in [-0.2, -0.15) is 0 Å². The van der Waals surface area contributed by atoms with Crippen LogP contribution in [-0.2, 0) is 9.59 Å². The first-order chi connectivity index (χ1) is 7.90. The molecule has 98 valence electrons.